The number of hydrogen-bond acceptors (Lipinski definition) is 4. The summed E-state index contributed by atoms with van der Waals surface area (Å²) < 4.78 is 22.7. The molecule has 5 nitrogen and oxygen atoms in total. The summed E-state index contributed by atoms with van der Waals surface area (Å²) in [4.78, 5) is 0.0478. The number of sulfonamides is 1. The van der Waals surface area contributed by atoms with Gasteiger partial charge in [0.1, 0.15) is 0 Å². The summed E-state index contributed by atoms with van der Waals surface area (Å²) in [5.74, 6) is 0. The topological polar surface area (TPSA) is 98.2 Å². The smallest absolute Gasteiger partial charge is 0.238 e. The van der Waals surface area contributed by atoms with Crippen molar-refractivity contribution in [3.8, 4) is 0 Å². The van der Waals surface area contributed by atoms with Crippen molar-refractivity contribution in [3.05, 3.63) is 18.2 Å². The Labute approximate surface area is 114 Å². The van der Waals surface area contributed by atoms with Gasteiger partial charge in [0.05, 0.1) is 4.90 Å². The zero-order valence-corrected chi connectivity index (χ0v) is 12.0. The lowest BCUT2D eigenvalue weighted by Crippen LogP contribution is -2.23. The first-order chi connectivity index (χ1) is 8.78. The maximum absolute atomic E-state index is 11.4. The van der Waals surface area contributed by atoms with Crippen LogP contribution in [0.1, 0.15) is 32.6 Å². The van der Waals surface area contributed by atoms with E-state index in [9.17, 15) is 8.42 Å². The molecule has 0 bridgehead atoms. The molecular formula is C13H21N3O2S. The molecule has 1 aromatic rings. The third kappa shape index (κ3) is 3.61. The fraction of sp³-hybridized carbons (Fsp3) is 0.538. The van der Waals surface area contributed by atoms with Crippen molar-refractivity contribution in [2.45, 2.75) is 37.5 Å². The van der Waals surface area contributed by atoms with Gasteiger partial charge in [0.25, 0.3) is 0 Å². The van der Waals surface area contributed by atoms with Gasteiger partial charge in [0.15, 0.2) is 0 Å². The van der Waals surface area contributed by atoms with Gasteiger partial charge >= 0.3 is 0 Å². The van der Waals surface area contributed by atoms with Gasteiger partial charge in [-0.1, -0.05) is 19.8 Å². The summed E-state index contributed by atoms with van der Waals surface area (Å²) >= 11 is 0. The molecule has 1 aliphatic rings. The molecule has 2 rings (SSSR count). The molecule has 0 heterocycles. The molecule has 106 valence electrons. The van der Waals surface area contributed by atoms with E-state index < -0.39 is 10.0 Å². The van der Waals surface area contributed by atoms with Crippen LogP contribution in [0.25, 0.3) is 0 Å². The van der Waals surface area contributed by atoms with E-state index in [1.807, 2.05) is 0 Å². The first-order valence-corrected chi connectivity index (χ1v) is 8.00. The Morgan fingerprint density at radius 3 is 2.47 bits per heavy atom. The highest BCUT2D eigenvalue weighted by molar-refractivity contribution is 7.89. The molecular weight excluding hydrogens is 262 g/mol. The largest absolute Gasteiger partial charge is 0.399 e. The van der Waals surface area contributed by atoms with Crippen molar-refractivity contribution in [3.63, 3.8) is 0 Å². The van der Waals surface area contributed by atoms with E-state index in [-0.39, 0.29) is 10.3 Å². The Kier molecular flexibility index (Phi) is 3.73. The Balaban J connectivity index is 2.14. The molecule has 1 saturated carbocycles. The van der Waals surface area contributed by atoms with Crippen LogP contribution in [0.2, 0.25) is 0 Å². The Hall–Kier alpha value is -1.27. The highest BCUT2D eigenvalue weighted by atomic mass is 32.2. The van der Waals surface area contributed by atoms with Gasteiger partial charge in [0.2, 0.25) is 10.0 Å². The van der Waals surface area contributed by atoms with E-state index >= 15 is 0 Å². The average Bonchev–Trinajstić information content (AvgIpc) is 2.72. The number of benzene rings is 1. The fourth-order valence-corrected chi connectivity index (χ4v) is 3.20. The molecule has 1 aromatic carbocycles. The highest BCUT2D eigenvalue weighted by Gasteiger charge is 2.28. The van der Waals surface area contributed by atoms with Gasteiger partial charge < -0.3 is 11.1 Å². The summed E-state index contributed by atoms with van der Waals surface area (Å²) in [5, 5.41) is 8.41. The molecule has 5 N–H and O–H groups in total. The minimum absolute atomic E-state index is 0.0478. The van der Waals surface area contributed by atoms with Gasteiger partial charge in [-0.15, -0.1) is 0 Å². The fourth-order valence-electron chi connectivity index (χ4n) is 2.61. The van der Waals surface area contributed by atoms with Crippen molar-refractivity contribution >= 4 is 21.4 Å². The molecule has 6 heteroatoms. The maximum Gasteiger partial charge on any atom is 0.238 e. The van der Waals surface area contributed by atoms with Gasteiger partial charge in [-0.3, -0.25) is 0 Å². The molecule has 19 heavy (non-hydrogen) atoms. The Morgan fingerprint density at radius 2 is 1.89 bits per heavy atom. The van der Waals surface area contributed by atoms with Crippen LogP contribution in [0.4, 0.5) is 11.4 Å². The van der Waals surface area contributed by atoms with Crippen molar-refractivity contribution in [1.29, 1.82) is 0 Å². The zero-order chi connectivity index (χ0) is 14.1. The van der Waals surface area contributed by atoms with Crippen LogP contribution in [0.5, 0.6) is 0 Å². The van der Waals surface area contributed by atoms with Crippen molar-refractivity contribution in [1.82, 2.24) is 0 Å². The number of hydrogen-bond donors (Lipinski definition) is 3. The van der Waals surface area contributed by atoms with E-state index in [1.165, 1.54) is 37.8 Å². The van der Waals surface area contributed by atoms with E-state index in [4.69, 9.17) is 10.9 Å². The second kappa shape index (κ2) is 5.02. The number of primary sulfonamides is 1. The molecule has 1 aliphatic carbocycles. The van der Waals surface area contributed by atoms with Crippen LogP contribution in [0.15, 0.2) is 23.1 Å². The molecule has 1 fully saturated rings. The molecule has 0 atom stereocenters. The molecule has 0 saturated heterocycles. The lowest BCUT2D eigenvalue weighted by Gasteiger charge is -2.24. The third-order valence-electron chi connectivity index (χ3n) is 3.79. The first-order valence-electron chi connectivity index (χ1n) is 6.46. The lowest BCUT2D eigenvalue weighted by molar-refractivity contribution is 0.362. The number of rotatable bonds is 4. The van der Waals surface area contributed by atoms with E-state index in [1.54, 1.807) is 6.07 Å². The SMILES string of the molecule is CC1(CNc2cc(N)cc(S(N)(=O)=O)c2)CCCC1. The van der Waals surface area contributed by atoms with E-state index in [0.717, 1.165) is 6.54 Å². The predicted octanol–water partition coefficient (Wildman–Crippen LogP) is 1.91. The standard InChI is InChI=1S/C13H21N3O2S/c1-13(4-2-3-5-13)9-16-11-6-10(14)7-12(8-11)19(15,17)18/h6-8,16H,2-5,9,14H2,1H3,(H2,15,17,18). The quantitative estimate of drug-likeness (QED) is 0.735. The van der Waals surface area contributed by atoms with Crippen molar-refractivity contribution in [2.75, 3.05) is 17.6 Å². The minimum Gasteiger partial charge on any atom is -0.399 e. The summed E-state index contributed by atoms with van der Waals surface area (Å²) in [5.41, 5.74) is 7.10. The summed E-state index contributed by atoms with van der Waals surface area (Å²) in [6.45, 7) is 3.07. The number of nitrogens with two attached hydrogens (primary N) is 2. The van der Waals surface area contributed by atoms with E-state index in [2.05, 4.69) is 12.2 Å². The molecule has 0 unspecified atom stereocenters. The van der Waals surface area contributed by atoms with Gasteiger partial charge in [0, 0.05) is 17.9 Å². The van der Waals surface area contributed by atoms with E-state index in [0.29, 0.717) is 11.4 Å². The minimum atomic E-state index is -3.72. The van der Waals surface area contributed by atoms with Crippen LogP contribution >= 0.6 is 0 Å². The summed E-state index contributed by atoms with van der Waals surface area (Å²) in [6.07, 6.45) is 4.92. The normalized spacial score (nSPS) is 18.4. The zero-order valence-electron chi connectivity index (χ0n) is 11.1. The van der Waals surface area contributed by atoms with Crippen LogP contribution in [-0.2, 0) is 10.0 Å². The number of nitrogens with one attached hydrogen (secondary N) is 1. The molecule has 0 aromatic heterocycles. The summed E-state index contributed by atoms with van der Waals surface area (Å²) in [6, 6.07) is 4.63. The molecule has 0 amide bonds. The van der Waals surface area contributed by atoms with Gasteiger partial charge in [-0.05, 0) is 36.5 Å². The van der Waals surface area contributed by atoms with Crippen LogP contribution in [-0.4, -0.2) is 15.0 Å². The predicted molar refractivity (Wildman–Crippen MR) is 77.3 cm³/mol. The number of anilines is 2. The Bertz CT molecular complexity index is 563. The lowest BCUT2D eigenvalue weighted by atomic mass is 9.89. The summed E-state index contributed by atoms with van der Waals surface area (Å²) in [7, 11) is -3.72. The third-order valence-corrected chi connectivity index (χ3v) is 4.68. The number of nitrogen functional groups attached to an aromatic ring is 1. The van der Waals surface area contributed by atoms with Crippen LogP contribution in [0, 0.1) is 5.41 Å². The average molecular weight is 283 g/mol. The maximum atomic E-state index is 11.4. The monoisotopic (exact) mass is 283 g/mol. The van der Waals surface area contributed by atoms with Gasteiger partial charge in [-0.2, -0.15) is 0 Å². The molecule has 0 spiro atoms. The second-order valence-electron chi connectivity index (χ2n) is 5.71. The van der Waals surface area contributed by atoms with Crippen molar-refractivity contribution in [2.24, 2.45) is 10.6 Å². The molecule has 0 aliphatic heterocycles. The van der Waals surface area contributed by atoms with Gasteiger partial charge in [-0.25, -0.2) is 13.6 Å². The molecule has 0 radical (unpaired) electrons. The van der Waals surface area contributed by atoms with Crippen LogP contribution < -0.4 is 16.2 Å². The second-order valence-corrected chi connectivity index (χ2v) is 7.27. The highest BCUT2D eigenvalue weighted by Crippen LogP contribution is 2.37. The van der Waals surface area contributed by atoms with Crippen molar-refractivity contribution < 1.29 is 8.42 Å². The Morgan fingerprint density at radius 1 is 1.26 bits per heavy atom. The first kappa shape index (κ1) is 14.1. The van der Waals surface area contributed by atoms with Crippen LogP contribution in [0.3, 0.4) is 0 Å².